The summed E-state index contributed by atoms with van der Waals surface area (Å²) in [6.45, 7) is 0. The molecule has 0 heterocycles. The number of anilines is 2. The fourth-order valence-corrected chi connectivity index (χ4v) is 10.4. The van der Waals surface area contributed by atoms with Crippen molar-refractivity contribution in [2.45, 2.75) is 0 Å². The van der Waals surface area contributed by atoms with Crippen molar-refractivity contribution < 1.29 is 196 Å². The minimum atomic E-state index is -5.42. The second-order valence-electron chi connectivity index (χ2n) is 17.2. The fraction of sp³-hybridized carbons (Fsp3) is 0. The summed E-state index contributed by atoms with van der Waals surface area (Å²) in [5.41, 5.74) is 4.05. The quantitative estimate of drug-likeness (QED) is 0.0345. The first-order chi connectivity index (χ1) is 37.9. The van der Waals surface area contributed by atoms with Crippen molar-refractivity contribution in [1.82, 2.24) is 0 Å². The van der Waals surface area contributed by atoms with Gasteiger partial charge in [-0.25, -0.2) is 33.7 Å². The summed E-state index contributed by atoms with van der Waals surface area (Å²) in [4.78, 5) is 27.3. The molecule has 0 bridgehead atoms. The Balaban J connectivity index is 0.00000283. The Hall–Kier alpha value is -5.38. The molecule has 0 saturated carbocycles. The Bertz CT molecular complexity index is 4390. The van der Waals surface area contributed by atoms with Crippen LogP contribution in [0.5, 0.6) is 23.0 Å². The van der Waals surface area contributed by atoms with Crippen molar-refractivity contribution in [2.24, 2.45) is 10.2 Å². The molecule has 2 amide bonds. The topological polar surface area (TPSA) is 349 Å². The Labute approximate surface area is 568 Å². The van der Waals surface area contributed by atoms with Gasteiger partial charge in [-0.1, -0.05) is 121 Å². The summed E-state index contributed by atoms with van der Waals surface area (Å²) < 4.78 is 162. The van der Waals surface area contributed by atoms with Crippen molar-refractivity contribution in [1.29, 1.82) is 0 Å². The van der Waals surface area contributed by atoms with E-state index in [0.29, 0.717) is 22.5 Å². The smallest absolute Gasteiger partial charge is 0.716 e. The third kappa shape index (κ3) is 16.0. The number of nitrogens with zero attached hydrogens (tertiary/aromatic N) is 2. The molecule has 0 saturated heterocycles. The van der Waals surface area contributed by atoms with E-state index in [4.69, 9.17) is 16.7 Å². The molecule has 10 aromatic rings. The van der Waals surface area contributed by atoms with Crippen LogP contribution in [0.2, 0.25) is 0 Å². The van der Waals surface area contributed by atoms with Crippen LogP contribution in [0.15, 0.2) is 192 Å². The minimum absolute atomic E-state index is 0. The largest absolute Gasteiger partial charge is 1.00 e. The van der Waals surface area contributed by atoms with Gasteiger partial charge in [-0.15, -0.1) is 0 Å². The third-order valence-corrected chi connectivity index (χ3v) is 13.6. The van der Waals surface area contributed by atoms with Crippen LogP contribution >= 0.6 is 0 Å². The van der Waals surface area contributed by atoms with Crippen LogP contribution in [0, 0.1) is 0 Å². The normalized spacial score (nSPS) is 11.6. The molecule has 0 spiro atoms. The van der Waals surface area contributed by atoms with Crippen LogP contribution in [-0.2, 0) is 41.6 Å². The van der Waals surface area contributed by atoms with Gasteiger partial charge in [0.25, 0.3) is 53.4 Å². The van der Waals surface area contributed by atoms with E-state index in [2.05, 4.69) is 20.9 Å². The number of fused-ring (bicyclic) bond motifs is 4. The van der Waals surface area contributed by atoms with E-state index in [9.17, 15) is 61.5 Å². The summed E-state index contributed by atoms with van der Waals surface area (Å²) in [7, 11) is -21.6. The predicted molar refractivity (Wildman–Crippen MR) is 288 cm³/mol. The molecule has 0 aromatic heterocycles. The molecule has 404 valence electrons. The van der Waals surface area contributed by atoms with Gasteiger partial charge in [-0.2, -0.15) is 10.2 Å². The standard InChI is InChI=1S/C54H36N4O18S4.4Na/c59-53(55-45-13-5-11-43-47(45)51(75-79(67,68)69)41-9-3-1-7-39(41)49(43)73-77(61,62)63)35-19-15-31(16-20-35)33-23-27-37(28-24-33)57-58-38-29-25-34(26-30-38)32-17-21-36(22-18-32)54(60)56-46-14-6-12-44-48(46)52(76-80(70,71)72)42-10-4-2-8-40(42)50(44)74-78(64,65)66;;;;/h1-30H,(H,55,59)(H,56,60)(H,61,62,63)(H,64,65,66)(H,67,68,69)(H,70,71,72);;;;/q;4*+1/p-4. The molecular formula is C54H32N4Na4O18S4. The number of carbonyl (C=O) groups excluding carboxylic acids is 2. The average molecular weight is 1250 g/mol. The van der Waals surface area contributed by atoms with Gasteiger partial charge in [0.2, 0.25) is 0 Å². The van der Waals surface area contributed by atoms with E-state index >= 15 is 0 Å². The molecule has 0 aliphatic carbocycles. The second-order valence-corrected chi connectivity index (χ2v) is 21.1. The van der Waals surface area contributed by atoms with Crippen molar-refractivity contribution in [3.63, 3.8) is 0 Å². The van der Waals surface area contributed by atoms with Crippen molar-refractivity contribution in [3.05, 3.63) is 193 Å². The number of benzene rings is 10. The van der Waals surface area contributed by atoms with Crippen molar-refractivity contribution in [3.8, 4) is 45.3 Å². The van der Waals surface area contributed by atoms with Gasteiger partial charge in [-0.3, -0.25) is 9.59 Å². The zero-order valence-corrected chi connectivity index (χ0v) is 55.5. The van der Waals surface area contributed by atoms with E-state index in [1.165, 1.54) is 109 Å². The van der Waals surface area contributed by atoms with Gasteiger partial charge >= 0.3 is 118 Å². The van der Waals surface area contributed by atoms with Crippen LogP contribution in [0.1, 0.15) is 20.7 Å². The number of nitrogens with one attached hydrogen (secondary N) is 2. The molecule has 0 aliphatic rings. The fourth-order valence-electron chi connectivity index (χ4n) is 8.83. The molecule has 0 unspecified atom stereocenters. The third-order valence-electron chi connectivity index (χ3n) is 12.1. The van der Waals surface area contributed by atoms with Crippen LogP contribution < -0.4 is 146 Å². The average Bonchev–Trinajstić information content (AvgIpc) is 1.48. The summed E-state index contributed by atoms with van der Waals surface area (Å²) >= 11 is 0. The molecule has 0 atom stereocenters. The maximum absolute atomic E-state index is 13.6. The summed E-state index contributed by atoms with van der Waals surface area (Å²) in [5.74, 6) is -3.41. The van der Waals surface area contributed by atoms with Crippen LogP contribution in [0.4, 0.5) is 22.7 Å². The second kappa shape index (κ2) is 27.5. The monoisotopic (exact) mass is 1240 g/mol. The van der Waals surface area contributed by atoms with E-state index in [0.717, 1.165) is 11.1 Å². The van der Waals surface area contributed by atoms with E-state index in [-0.39, 0.29) is 184 Å². The molecule has 0 aliphatic heterocycles. The Kier molecular flexibility index (Phi) is 22.2. The molecule has 0 radical (unpaired) electrons. The minimum Gasteiger partial charge on any atom is -0.716 e. The van der Waals surface area contributed by atoms with Crippen LogP contribution in [0.25, 0.3) is 65.3 Å². The van der Waals surface area contributed by atoms with E-state index in [1.54, 1.807) is 72.8 Å². The maximum atomic E-state index is 13.6. The molecule has 84 heavy (non-hydrogen) atoms. The number of hydrogen-bond acceptors (Lipinski definition) is 20. The Morgan fingerprint density at radius 2 is 0.571 bits per heavy atom. The first kappa shape index (κ1) is 67.7. The van der Waals surface area contributed by atoms with Crippen LogP contribution in [0.3, 0.4) is 0 Å². The summed E-state index contributed by atoms with van der Waals surface area (Å²) in [6, 6.07) is 46.0. The SMILES string of the molecule is O=C(Nc1cccc2c(OS(=O)(=O)[O-])c3ccccc3c(OS(=O)(=O)[O-])c12)c1ccc(-c2ccc(N=Nc3ccc(-c4ccc(C(=O)Nc5cccc6c(OS(=O)(=O)[O-])c7ccccc7c(OS(=O)(=O)[O-])c56)cc4)cc3)cc2)cc1.[Na+].[Na+].[Na+].[Na+]. The molecule has 0 fully saturated rings. The summed E-state index contributed by atoms with van der Waals surface area (Å²) in [5, 5.41) is 12.8. The first-order valence-electron chi connectivity index (χ1n) is 23.0. The van der Waals surface area contributed by atoms with Crippen molar-refractivity contribution >= 4 is 119 Å². The predicted octanol–water partition coefficient (Wildman–Crippen LogP) is -2.07. The number of azo groups is 1. The molecule has 10 aromatic carbocycles. The van der Waals surface area contributed by atoms with Gasteiger partial charge in [0.15, 0.2) is 23.0 Å². The molecule has 2 N–H and O–H groups in total. The number of rotatable bonds is 16. The molecule has 22 nitrogen and oxygen atoms in total. The van der Waals surface area contributed by atoms with Gasteiger partial charge in [-0.05, 0) is 82.9 Å². The van der Waals surface area contributed by atoms with Gasteiger partial charge < -0.3 is 45.6 Å². The van der Waals surface area contributed by atoms with E-state index in [1.807, 2.05) is 0 Å². The van der Waals surface area contributed by atoms with Crippen molar-refractivity contribution in [2.75, 3.05) is 10.6 Å². The number of amides is 2. The Morgan fingerprint density at radius 3 is 0.857 bits per heavy atom. The number of carbonyl (C=O) groups is 2. The Morgan fingerprint density at radius 1 is 0.321 bits per heavy atom. The first-order valence-corrected chi connectivity index (χ1v) is 28.3. The zero-order valence-electron chi connectivity index (χ0n) is 44.2. The van der Waals surface area contributed by atoms with Gasteiger partial charge in [0, 0.05) is 43.4 Å². The van der Waals surface area contributed by atoms with Gasteiger partial charge in [0.1, 0.15) is 0 Å². The molecule has 30 heteroatoms. The number of hydrogen-bond donors (Lipinski definition) is 2. The molecular weight excluding hydrogens is 1210 g/mol. The van der Waals surface area contributed by atoms with Gasteiger partial charge in [0.05, 0.1) is 33.5 Å². The van der Waals surface area contributed by atoms with Crippen LogP contribution in [-0.4, -0.2) is 63.7 Å². The molecule has 10 rings (SSSR count). The summed E-state index contributed by atoms with van der Waals surface area (Å²) in [6.07, 6.45) is 0. The zero-order chi connectivity index (χ0) is 56.7. The van der Waals surface area contributed by atoms with E-state index < -0.39 is 76.4 Å². The maximum Gasteiger partial charge on any atom is 1.00 e.